The molecule has 1 N–H and O–H groups in total. The van der Waals surface area contributed by atoms with E-state index in [1.165, 1.54) is 4.68 Å². The quantitative estimate of drug-likeness (QED) is 0.522. The van der Waals surface area contributed by atoms with Crippen LogP contribution in [0.5, 0.6) is 0 Å². The Morgan fingerprint density at radius 3 is 2.16 bits per heavy atom. The Kier molecular flexibility index (Phi) is 5.29. The minimum atomic E-state index is -0.357. The number of aryl methyl sites for hydroxylation is 1. The molecule has 0 atom stereocenters. The molecule has 0 radical (unpaired) electrons. The molecule has 0 bridgehead atoms. The van der Waals surface area contributed by atoms with Gasteiger partial charge in [0.05, 0.1) is 33.5 Å². The largest absolute Gasteiger partial charge is 0.316 e. The predicted molar refractivity (Wildman–Crippen MR) is 122 cm³/mol. The van der Waals surface area contributed by atoms with Crippen molar-refractivity contribution in [1.29, 1.82) is 0 Å². The molecular weight excluding hydrogens is 414 g/mol. The molecule has 0 aliphatic rings. The molecule has 4 rings (SSSR count). The first kappa shape index (κ1) is 20.7. The fraction of sp³-hybridized carbons (Fsp3) is 0.174. The second-order valence-corrected chi connectivity index (χ2v) is 7.71. The molecule has 7 nitrogen and oxygen atoms in total. The maximum Gasteiger partial charge on any atom is 0.295 e. The number of nitrogens with one attached hydrogen (secondary N) is 1. The van der Waals surface area contributed by atoms with E-state index in [4.69, 9.17) is 11.6 Å². The molecule has 2 aromatic carbocycles. The summed E-state index contributed by atoms with van der Waals surface area (Å²) in [6.07, 6.45) is 0. The van der Waals surface area contributed by atoms with E-state index in [-0.39, 0.29) is 17.2 Å². The normalized spacial score (nSPS) is 11.0. The Morgan fingerprint density at radius 1 is 0.935 bits per heavy atom. The van der Waals surface area contributed by atoms with Gasteiger partial charge in [0.1, 0.15) is 5.69 Å². The molecule has 0 aliphatic carbocycles. The van der Waals surface area contributed by atoms with Crippen LogP contribution in [0.4, 0.5) is 5.69 Å². The minimum absolute atomic E-state index is 0.255. The van der Waals surface area contributed by atoms with Crippen LogP contribution in [-0.4, -0.2) is 25.1 Å². The van der Waals surface area contributed by atoms with Crippen LogP contribution in [0.1, 0.15) is 27.4 Å². The second kappa shape index (κ2) is 7.92. The molecule has 0 spiro atoms. The minimum Gasteiger partial charge on any atom is -0.316 e. The van der Waals surface area contributed by atoms with Crippen molar-refractivity contribution >= 4 is 23.2 Å². The molecule has 2 heterocycles. The van der Waals surface area contributed by atoms with Crippen molar-refractivity contribution in [3.63, 3.8) is 0 Å². The number of halogens is 1. The Labute approximate surface area is 184 Å². The molecule has 31 heavy (non-hydrogen) atoms. The van der Waals surface area contributed by atoms with E-state index in [1.54, 1.807) is 47.6 Å². The lowest BCUT2D eigenvalue weighted by atomic mass is 10.2. The van der Waals surface area contributed by atoms with E-state index in [9.17, 15) is 9.59 Å². The smallest absolute Gasteiger partial charge is 0.295 e. The number of anilines is 1. The summed E-state index contributed by atoms with van der Waals surface area (Å²) in [5, 5.41) is 7.82. The SMILES string of the molecule is Cc1nn(-c2ccc(C(=O)Nc3c(C)n(C)n(-c4ccccc4)c3=O)cc2)c(C)c1Cl. The van der Waals surface area contributed by atoms with E-state index >= 15 is 0 Å². The van der Waals surface area contributed by atoms with Crippen molar-refractivity contribution in [2.45, 2.75) is 20.8 Å². The molecule has 2 aromatic heterocycles. The van der Waals surface area contributed by atoms with Crippen molar-refractivity contribution in [1.82, 2.24) is 19.1 Å². The third-order valence-electron chi connectivity index (χ3n) is 5.37. The number of para-hydroxylation sites is 1. The van der Waals surface area contributed by atoms with Crippen molar-refractivity contribution in [3.8, 4) is 11.4 Å². The molecule has 0 saturated carbocycles. The fourth-order valence-corrected chi connectivity index (χ4v) is 3.64. The number of hydrogen-bond acceptors (Lipinski definition) is 3. The van der Waals surface area contributed by atoms with Crippen LogP contribution in [0, 0.1) is 20.8 Å². The Hall–Kier alpha value is -3.58. The summed E-state index contributed by atoms with van der Waals surface area (Å²) in [4.78, 5) is 25.8. The number of nitrogens with zero attached hydrogens (tertiary/aromatic N) is 4. The van der Waals surface area contributed by atoms with Gasteiger partial charge in [-0.25, -0.2) is 9.36 Å². The lowest BCUT2D eigenvalue weighted by Gasteiger charge is -2.07. The highest BCUT2D eigenvalue weighted by molar-refractivity contribution is 6.31. The van der Waals surface area contributed by atoms with Crippen LogP contribution in [0.15, 0.2) is 59.4 Å². The van der Waals surface area contributed by atoms with Gasteiger partial charge in [0, 0.05) is 12.6 Å². The van der Waals surface area contributed by atoms with Crippen molar-refractivity contribution in [2.75, 3.05) is 5.32 Å². The molecule has 0 aliphatic heterocycles. The zero-order valence-corrected chi connectivity index (χ0v) is 18.4. The highest BCUT2D eigenvalue weighted by Crippen LogP contribution is 2.23. The van der Waals surface area contributed by atoms with Gasteiger partial charge in [0.25, 0.3) is 11.5 Å². The lowest BCUT2D eigenvalue weighted by molar-refractivity contribution is 0.102. The van der Waals surface area contributed by atoms with Crippen LogP contribution in [-0.2, 0) is 7.05 Å². The zero-order valence-electron chi connectivity index (χ0n) is 17.7. The lowest BCUT2D eigenvalue weighted by Crippen LogP contribution is -2.23. The van der Waals surface area contributed by atoms with Gasteiger partial charge >= 0.3 is 0 Å². The average molecular weight is 436 g/mol. The molecule has 0 saturated heterocycles. The number of amides is 1. The Balaban J connectivity index is 1.62. The summed E-state index contributed by atoms with van der Waals surface area (Å²) in [6.45, 7) is 5.53. The van der Waals surface area contributed by atoms with Crippen molar-refractivity contribution < 1.29 is 4.79 Å². The van der Waals surface area contributed by atoms with Gasteiger partial charge in [-0.1, -0.05) is 29.8 Å². The molecule has 158 valence electrons. The summed E-state index contributed by atoms with van der Waals surface area (Å²) in [7, 11) is 1.79. The van der Waals surface area contributed by atoms with E-state index < -0.39 is 0 Å². The third kappa shape index (κ3) is 3.57. The maximum absolute atomic E-state index is 13.0. The summed E-state index contributed by atoms with van der Waals surface area (Å²) < 4.78 is 4.99. The number of carbonyl (C=O) groups excluding carboxylic acids is 1. The second-order valence-electron chi connectivity index (χ2n) is 7.33. The highest BCUT2D eigenvalue weighted by atomic mass is 35.5. The zero-order chi connectivity index (χ0) is 22.3. The van der Waals surface area contributed by atoms with Crippen LogP contribution in [0.2, 0.25) is 5.02 Å². The van der Waals surface area contributed by atoms with Gasteiger partial charge in [0.15, 0.2) is 0 Å². The predicted octanol–water partition coefficient (Wildman–Crippen LogP) is 4.19. The monoisotopic (exact) mass is 435 g/mol. The van der Waals surface area contributed by atoms with E-state index in [1.807, 2.05) is 44.2 Å². The number of carbonyl (C=O) groups is 1. The summed E-state index contributed by atoms with van der Waals surface area (Å²) in [5.41, 5.74) is 4.17. The number of hydrogen-bond donors (Lipinski definition) is 1. The average Bonchev–Trinajstić information content (AvgIpc) is 3.16. The van der Waals surface area contributed by atoms with Crippen LogP contribution < -0.4 is 10.9 Å². The van der Waals surface area contributed by atoms with Gasteiger partial charge in [-0.3, -0.25) is 14.3 Å². The first-order chi connectivity index (χ1) is 14.8. The first-order valence-electron chi connectivity index (χ1n) is 9.77. The topological polar surface area (TPSA) is 73.8 Å². The molecule has 1 amide bonds. The van der Waals surface area contributed by atoms with Crippen molar-refractivity contribution in [3.05, 3.63) is 92.6 Å². The highest BCUT2D eigenvalue weighted by Gasteiger charge is 2.19. The number of benzene rings is 2. The van der Waals surface area contributed by atoms with Gasteiger partial charge < -0.3 is 5.32 Å². The van der Waals surface area contributed by atoms with Crippen LogP contribution in [0.3, 0.4) is 0 Å². The third-order valence-corrected chi connectivity index (χ3v) is 5.92. The fourth-order valence-electron chi connectivity index (χ4n) is 3.53. The van der Waals surface area contributed by atoms with Gasteiger partial charge in [-0.2, -0.15) is 5.10 Å². The summed E-state index contributed by atoms with van der Waals surface area (Å²) >= 11 is 6.23. The maximum atomic E-state index is 13.0. The van der Waals surface area contributed by atoms with Crippen molar-refractivity contribution in [2.24, 2.45) is 7.05 Å². The Morgan fingerprint density at radius 2 is 1.58 bits per heavy atom. The Bertz CT molecular complexity index is 1330. The summed E-state index contributed by atoms with van der Waals surface area (Å²) in [6, 6.07) is 16.3. The van der Waals surface area contributed by atoms with E-state index in [2.05, 4.69) is 10.4 Å². The molecule has 8 heteroatoms. The van der Waals surface area contributed by atoms with Gasteiger partial charge in [-0.15, -0.1) is 0 Å². The number of rotatable bonds is 4. The van der Waals surface area contributed by atoms with E-state index in [0.29, 0.717) is 16.3 Å². The standard InChI is InChI=1S/C23H22ClN5O2/c1-14-20(24)15(2)28(26-14)18-12-10-17(11-13-18)22(30)25-21-16(3)27(4)29(23(21)31)19-8-6-5-7-9-19/h5-13H,1-4H3,(H,25,30). The molecule has 4 aromatic rings. The van der Waals surface area contributed by atoms with Gasteiger partial charge in [0.2, 0.25) is 0 Å². The number of aromatic nitrogens is 4. The van der Waals surface area contributed by atoms with Crippen LogP contribution in [0.25, 0.3) is 11.4 Å². The first-order valence-corrected chi connectivity index (χ1v) is 10.1. The summed E-state index contributed by atoms with van der Waals surface area (Å²) in [5.74, 6) is -0.357. The molecule has 0 fully saturated rings. The molecule has 0 unspecified atom stereocenters. The molecular formula is C23H22ClN5O2. The van der Waals surface area contributed by atoms with E-state index in [0.717, 1.165) is 22.8 Å². The van der Waals surface area contributed by atoms with Gasteiger partial charge in [-0.05, 0) is 57.2 Å². The van der Waals surface area contributed by atoms with Crippen LogP contribution >= 0.6 is 11.6 Å².